The Labute approximate surface area is 154 Å². The van der Waals surface area contributed by atoms with Gasteiger partial charge in [-0.3, -0.25) is 4.68 Å². The maximum absolute atomic E-state index is 13.7. The van der Waals surface area contributed by atoms with Crippen LogP contribution >= 0.6 is 11.6 Å². The minimum atomic E-state index is -0.395. The summed E-state index contributed by atoms with van der Waals surface area (Å²) in [5.41, 5.74) is 2.43. The predicted molar refractivity (Wildman–Crippen MR) is 97.8 cm³/mol. The van der Waals surface area contributed by atoms with Gasteiger partial charge in [0, 0.05) is 40.0 Å². The van der Waals surface area contributed by atoms with Crippen molar-refractivity contribution in [3.63, 3.8) is 0 Å². The first-order valence-electron chi connectivity index (χ1n) is 7.89. The second kappa shape index (κ2) is 6.72. The molecule has 0 aliphatic heterocycles. The largest absolute Gasteiger partial charge is 0.497 e. The Bertz CT molecular complexity index is 1080. The van der Waals surface area contributed by atoms with Crippen LogP contribution < -0.4 is 4.74 Å². The van der Waals surface area contributed by atoms with Gasteiger partial charge in [0.1, 0.15) is 11.6 Å². The summed E-state index contributed by atoms with van der Waals surface area (Å²) >= 11 is 6.00. The van der Waals surface area contributed by atoms with Gasteiger partial charge in [0.15, 0.2) is 5.82 Å². The topological polar surface area (TPSA) is 52.8 Å². The van der Waals surface area contributed by atoms with Crippen LogP contribution in [0.1, 0.15) is 5.56 Å². The van der Waals surface area contributed by atoms with Crippen molar-refractivity contribution in [1.82, 2.24) is 19.7 Å². The lowest BCUT2D eigenvalue weighted by molar-refractivity contribution is 0.411. The van der Waals surface area contributed by atoms with Crippen molar-refractivity contribution in [3.8, 4) is 17.1 Å². The zero-order valence-electron chi connectivity index (χ0n) is 13.9. The second-order valence-electron chi connectivity index (χ2n) is 5.80. The number of methoxy groups -OCH3 is 1. The molecule has 26 heavy (non-hydrogen) atoms. The highest BCUT2D eigenvalue weighted by atomic mass is 35.5. The molecule has 0 fully saturated rings. The molecule has 5 nitrogen and oxygen atoms in total. The maximum atomic E-state index is 13.7. The molecule has 2 aromatic heterocycles. The van der Waals surface area contributed by atoms with Gasteiger partial charge in [0.25, 0.3) is 0 Å². The van der Waals surface area contributed by atoms with Crippen LogP contribution in [0.15, 0.2) is 55.0 Å². The zero-order chi connectivity index (χ0) is 18.1. The van der Waals surface area contributed by atoms with E-state index in [9.17, 15) is 4.39 Å². The number of fused-ring (bicyclic) bond motifs is 1. The molecule has 0 spiro atoms. The van der Waals surface area contributed by atoms with Crippen LogP contribution in [0.25, 0.3) is 22.3 Å². The molecular formula is C19H14ClFN4O. The lowest BCUT2D eigenvalue weighted by Crippen LogP contribution is -2.03. The van der Waals surface area contributed by atoms with Crippen LogP contribution in [-0.2, 0) is 6.54 Å². The third-order valence-electron chi connectivity index (χ3n) is 4.01. The van der Waals surface area contributed by atoms with Gasteiger partial charge in [-0.25, -0.2) is 14.4 Å². The van der Waals surface area contributed by atoms with E-state index in [-0.39, 0.29) is 0 Å². The molecule has 0 aliphatic rings. The van der Waals surface area contributed by atoms with E-state index in [1.54, 1.807) is 24.7 Å². The van der Waals surface area contributed by atoms with E-state index in [2.05, 4.69) is 15.1 Å². The lowest BCUT2D eigenvalue weighted by atomic mass is 10.2. The molecule has 0 radical (unpaired) electrons. The van der Waals surface area contributed by atoms with Crippen molar-refractivity contribution in [2.24, 2.45) is 0 Å². The van der Waals surface area contributed by atoms with Crippen molar-refractivity contribution >= 4 is 22.5 Å². The third-order valence-corrected chi connectivity index (χ3v) is 4.24. The molecule has 0 atom stereocenters. The van der Waals surface area contributed by atoms with Crippen LogP contribution in [0.3, 0.4) is 0 Å². The summed E-state index contributed by atoms with van der Waals surface area (Å²) in [6.07, 6.45) is 5.20. The van der Waals surface area contributed by atoms with Crippen molar-refractivity contribution in [1.29, 1.82) is 0 Å². The molecular weight excluding hydrogens is 355 g/mol. The first kappa shape index (κ1) is 16.5. The number of rotatable bonds is 4. The van der Waals surface area contributed by atoms with Crippen LogP contribution in [-0.4, -0.2) is 26.9 Å². The van der Waals surface area contributed by atoms with Gasteiger partial charge in [-0.1, -0.05) is 11.6 Å². The molecule has 2 aromatic carbocycles. The quantitative estimate of drug-likeness (QED) is 0.537. The summed E-state index contributed by atoms with van der Waals surface area (Å²) in [5, 5.41) is 6.03. The first-order chi connectivity index (χ1) is 12.6. The van der Waals surface area contributed by atoms with Gasteiger partial charge in [-0.05, 0) is 30.3 Å². The van der Waals surface area contributed by atoms with Gasteiger partial charge < -0.3 is 4.74 Å². The van der Waals surface area contributed by atoms with Crippen LogP contribution in [0, 0.1) is 5.82 Å². The van der Waals surface area contributed by atoms with E-state index < -0.39 is 5.82 Å². The lowest BCUT2D eigenvalue weighted by Gasteiger charge is -2.06. The number of benzene rings is 2. The Morgan fingerprint density at radius 3 is 2.65 bits per heavy atom. The smallest absolute Gasteiger partial charge is 0.159 e. The summed E-state index contributed by atoms with van der Waals surface area (Å²) in [7, 11) is 1.49. The van der Waals surface area contributed by atoms with E-state index in [4.69, 9.17) is 16.3 Å². The van der Waals surface area contributed by atoms with E-state index in [0.717, 1.165) is 16.5 Å². The zero-order valence-corrected chi connectivity index (χ0v) is 14.6. The molecule has 0 saturated heterocycles. The molecule has 0 saturated carbocycles. The Morgan fingerprint density at radius 1 is 1.08 bits per heavy atom. The summed E-state index contributed by atoms with van der Waals surface area (Å²) in [5.74, 6) is 0.465. The summed E-state index contributed by atoms with van der Waals surface area (Å²) in [6, 6.07) is 10.0. The summed E-state index contributed by atoms with van der Waals surface area (Å²) in [4.78, 5) is 8.69. The van der Waals surface area contributed by atoms with Gasteiger partial charge in [0.05, 0.1) is 25.4 Å². The molecule has 2 heterocycles. The summed E-state index contributed by atoms with van der Waals surface area (Å²) < 4.78 is 20.6. The number of hydrogen-bond acceptors (Lipinski definition) is 4. The molecule has 0 amide bonds. The Balaban J connectivity index is 1.60. The normalized spacial score (nSPS) is 11.0. The molecule has 130 valence electrons. The minimum Gasteiger partial charge on any atom is -0.497 e. The molecule has 0 aliphatic carbocycles. The number of nitrogens with zero attached hydrogens (tertiary/aromatic N) is 4. The predicted octanol–water partition coefficient (Wildman–Crippen LogP) is 4.34. The standard InChI is InChI=1S/C19H14ClFN4O/c1-26-17-6-13(5-16(21)7-17)19-22-8-12(9-23-19)11-25-18-3-2-15(20)4-14(18)10-24-25/h2-10H,11H2,1H3. The second-order valence-corrected chi connectivity index (χ2v) is 6.24. The van der Waals surface area contributed by atoms with Gasteiger partial charge in [-0.2, -0.15) is 5.10 Å². The van der Waals surface area contributed by atoms with Crippen molar-refractivity contribution in [3.05, 3.63) is 71.4 Å². The van der Waals surface area contributed by atoms with Crippen LogP contribution in [0.4, 0.5) is 4.39 Å². The molecule has 0 N–H and O–H groups in total. The van der Waals surface area contributed by atoms with E-state index in [1.807, 2.05) is 22.9 Å². The fourth-order valence-electron chi connectivity index (χ4n) is 2.75. The number of ether oxygens (including phenoxy) is 1. The average Bonchev–Trinajstić information content (AvgIpc) is 3.03. The molecule has 4 aromatic rings. The monoisotopic (exact) mass is 368 g/mol. The average molecular weight is 369 g/mol. The number of halogens is 2. The van der Waals surface area contributed by atoms with E-state index >= 15 is 0 Å². The molecule has 0 unspecified atom stereocenters. The third kappa shape index (κ3) is 3.23. The Morgan fingerprint density at radius 2 is 1.88 bits per heavy atom. The van der Waals surface area contributed by atoms with Crippen molar-refractivity contribution in [2.45, 2.75) is 6.54 Å². The van der Waals surface area contributed by atoms with Gasteiger partial charge >= 0.3 is 0 Å². The fourth-order valence-corrected chi connectivity index (χ4v) is 2.93. The highest BCUT2D eigenvalue weighted by Crippen LogP contribution is 2.23. The number of aromatic nitrogens is 4. The Hall–Kier alpha value is -2.99. The molecule has 7 heteroatoms. The minimum absolute atomic E-state index is 0.395. The SMILES string of the molecule is COc1cc(F)cc(-c2ncc(Cn3ncc4cc(Cl)ccc43)cn2)c1. The highest BCUT2D eigenvalue weighted by molar-refractivity contribution is 6.31. The highest BCUT2D eigenvalue weighted by Gasteiger charge is 2.08. The van der Waals surface area contributed by atoms with Crippen LogP contribution in [0.5, 0.6) is 5.75 Å². The van der Waals surface area contributed by atoms with Crippen molar-refractivity contribution in [2.75, 3.05) is 7.11 Å². The first-order valence-corrected chi connectivity index (χ1v) is 8.27. The number of hydrogen-bond donors (Lipinski definition) is 0. The van der Waals surface area contributed by atoms with E-state index in [1.165, 1.54) is 19.2 Å². The van der Waals surface area contributed by atoms with Gasteiger partial charge in [-0.15, -0.1) is 0 Å². The Kier molecular flexibility index (Phi) is 4.26. The van der Waals surface area contributed by atoms with Crippen molar-refractivity contribution < 1.29 is 9.13 Å². The summed E-state index contributed by atoms with van der Waals surface area (Å²) in [6.45, 7) is 0.526. The van der Waals surface area contributed by atoms with Gasteiger partial charge in [0.2, 0.25) is 0 Å². The van der Waals surface area contributed by atoms with E-state index in [0.29, 0.717) is 28.7 Å². The van der Waals surface area contributed by atoms with Crippen LogP contribution in [0.2, 0.25) is 5.02 Å². The molecule has 4 rings (SSSR count). The fraction of sp³-hybridized carbons (Fsp3) is 0.105. The molecule has 0 bridgehead atoms. The maximum Gasteiger partial charge on any atom is 0.159 e.